The summed E-state index contributed by atoms with van der Waals surface area (Å²) in [6.07, 6.45) is 0.593. The number of aromatic amines is 1. The van der Waals surface area contributed by atoms with Gasteiger partial charge in [-0.1, -0.05) is 6.92 Å². The van der Waals surface area contributed by atoms with Gasteiger partial charge in [-0.3, -0.25) is 10.1 Å². The number of nitro groups is 1. The number of esters is 1. The van der Waals surface area contributed by atoms with Crippen molar-refractivity contribution in [1.82, 2.24) is 4.98 Å². The van der Waals surface area contributed by atoms with E-state index in [0.717, 1.165) is 5.56 Å². The van der Waals surface area contributed by atoms with Crippen molar-refractivity contribution in [3.63, 3.8) is 0 Å². The van der Waals surface area contributed by atoms with Crippen molar-refractivity contribution in [3.8, 4) is 0 Å². The van der Waals surface area contributed by atoms with E-state index in [2.05, 4.69) is 4.98 Å². The number of ether oxygens (including phenoxy) is 1. The number of rotatable bonds is 4. The lowest BCUT2D eigenvalue weighted by atomic mass is 10.1. The Kier molecular flexibility index (Phi) is 3.50. The summed E-state index contributed by atoms with van der Waals surface area (Å²) in [7, 11) is 0. The average Bonchev–Trinajstić information content (AvgIpc) is 2.76. The molecule has 0 saturated carbocycles. The van der Waals surface area contributed by atoms with E-state index in [1.165, 1.54) is 12.1 Å². The summed E-state index contributed by atoms with van der Waals surface area (Å²) in [5.74, 6) is -0.432. The van der Waals surface area contributed by atoms with Crippen molar-refractivity contribution in [2.24, 2.45) is 0 Å². The van der Waals surface area contributed by atoms with Crippen LogP contribution >= 0.6 is 0 Å². The number of hydrogen-bond donors (Lipinski definition) is 1. The van der Waals surface area contributed by atoms with Gasteiger partial charge in [0.1, 0.15) is 5.69 Å². The topological polar surface area (TPSA) is 85.2 Å². The van der Waals surface area contributed by atoms with Crippen LogP contribution in [0, 0.1) is 10.1 Å². The molecule has 0 aliphatic carbocycles. The number of aryl methyl sites for hydroxylation is 1. The molecule has 0 fully saturated rings. The van der Waals surface area contributed by atoms with Gasteiger partial charge in [-0.2, -0.15) is 0 Å². The molecule has 1 aromatic carbocycles. The molecular formula is C13H14N2O4. The Hall–Kier alpha value is -2.37. The highest BCUT2D eigenvalue weighted by molar-refractivity contribution is 5.98. The normalized spacial score (nSPS) is 10.6. The molecule has 0 atom stereocenters. The third-order valence-corrected chi connectivity index (χ3v) is 2.93. The first-order valence-corrected chi connectivity index (χ1v) is 6.04. The summed E-state index contributed by atoms with van der Waals surface area (Å²) >= 11 is 0. The van der Waals surface area contributed by atoms with E-state index in [1.54, 1.807) is 13.0 Å². The zero-order valence-corrected chi connectivity index (χ0v) is 10.7. The van der Waals surface area contributed by atoms with Gasteiger partial charge in [-0.05, 0) is 25.0 Å². The number of hydrogen-bond acceptors (Lipinski definition) is 4. The molecule has 19 heavy (non-hydrogen) atoms. The van der Waals surface area contributed by atoms with Gasteiger partial charge >= 0.3 is 5.97 Å². The van der Waals surface area contributed by atoms with E-state index in [1.807, 2.05) is 6.92 Å². The molecule has 1 heterocycles. The predicted octanol–water partition coefficient (Wildman–Crippen LogP) is 2.82. The lowest BCUT2D eigenvalue weighted by Crippen LogP contribution is -2.07. The molecule has 0 amide bonds. The summed E-state index contributed by atoms with van der Waals surface area (Å²) in [6.45, 7) is 3.92. The van der Waals surface area contributed by atoms with Gasteiger partial charge in [0.2, 0.25) is 0 Å². The minimum Gasteiger partial charge on any atom is -0.461 e. The van der Waals surface area contributed by atoms with Gasteiger partial charge in [0.15, 0.2) is 0 Å². The second-order valence-corrected chi connectivity index (χ2v) is 4.04. The number of carbonyl (C=O) groups is 1. The van der Waals surface area contributed by atoms with Crippen LogP contribution in [0.2, 0.25) is 0 Å². The molecule has 0 saturated heterocycles. The molecule has 1 aromatic heterocycles. The molecule has 0 unspecified atom stereocenters. The van der Waals surface area contributed by atoms with Crippen molar-refractivity contribution in [1.29, 1.82) is 0 Å². The monoisotopic (exact) mass is 262 g/mol. The van der Waals surface area contributed by atoms with Crippen LogP contribution in [0.4, 0.5) is 5.69 Å². The summed E-state index contributed by atoms with van der Waals surface area (Å²) in [5.41, 5.74) is 1.83. The molecule has 6 nitrogen and oxygen atoms in total. The number of aromatic nitrogens is 1. The van der Waals surface area contributed by atoms with Gasteiger partial charge < -0.3 is 9.72 Å². The predicted molar refractivity (Wildman–Crippen MR) is 70.3 cm³/mol. The number of non-ortho nitro benzene ring substituents is 1. The van der Waals surface area contributed by atoms with Crippen molar-refractivity contribution in [3.05, 3.63) is 39.6 Å². The van der Waals surface area contributed by atoms with E-state index in [9.17, 15) is 14.9 Å². The first-order valence-electron chi connectivity index (χ1n) is 6.04. The van der Waals surface area contributed by atoms with Crippen molar-refractivity contribution < 1.29 is 14.5 Å². The second-order valence-electron chi connectivity index (χ2n) is 4.04. The number of fused-ring (bicyclic) bond motifs is 1. The molecule has 0 spiro atoms. The van der Waals surface area contributed by atoms with Gasteiger partial charge in [0.25, 0.3) is 5.69 Å². The van der Waals surface area contributed by atoms with Crippen LogP contribution in [-0.4, -0.2) is 22.5 Å². The lowest BCUT2D eigenvalue weighted by Gasteiger charge is -2.01. The first kappa shape index (κ1) is 13.1. The maximum absolute atomic E-state index is 11.8. The van der Waals surface area contributed by atoms with Crippen LogP contribution in [0.25, 0.3) is 10.9 Å². The average molecular weight is 262 g/mol. The van der Waals surface area contributed by atoms with Gasteiger partial charge in [0.05, 0.1) is 11.5 Å². The molecule has 0 radical (unpaired) electrons. The second kappa shape index (κ2) is 5.09. The van der Waals surface area contributed by atoms with Crippen molar-refractivity contribution >= 4 is 22.6 Å². The lowest BCUT2D eigenvalue weighted by molar-refractivity contribution is -0.384. The Morgan fingerprint density at radius 1 is 1.42 bits per heavy atom. The van der Waals surface area contributed by atoms with Gasteiger partial charge in [-0.15, -0.1) is 0 Å². The fraction of sp³-hybridized carbons (Fsp3) is 0.308. The number of H-pyrrole nitrogens is 1. The Morgan fingerprint density at radius 3 is 2.74 bits per heavy atom. The van der Waals surface area contributed by atoms with Gasteiger partial charge in [-0.25, -0.2) is 4.79 Å². The summed E-state index contributed by atoms with van der Waals surface area (Å²) in [4.78, 5) is 25.1. The molecule has 0 bridgehead atoms. The fourth-order valence-corrected chi connectivity index (χ4v) is 2.09. The zero-order chi connectivity index (χ0) is 14.0. The third kappa shape index (κ3) is 2.29. The zero-order valence-electron chi connectivity index (χ0n) is 10.7. The molecule has 6 heteroatoms. The number of carbonyl (C=O) groups excluding carboxylic acids is 1. The number of nitrogens with zero attached hydrogens (tertiary/aromatic N) is 1. The highest BCUT2D eigenvalue weighted by atomic mass is 16.6. The van der Waals surface area contributed by atoms with Crippen molar-refractivity contribution in [2.75, 3.05) is 6.61 Å². The minimum absolute atomic E-state index is 0.0107. The minimum atomic E-state index is -0.448. The maximum Gasteiger partial charge on any atom is 0.355 e. The standard InChI is InChI=1S/C13H14N2O4/c1-3-9-10-7-8(15(17)18)5-6-11(10)14-12(9)13(16)19-4-2/h5-7,14H,3-4H2,1-2H3. The van der Waals surface area contributed by atoms with Crippen LogP contribution in [0.5, 0.6) is 0 Å². The smallest absolute Gasteiger partial charge is 0.355 e. The van der Waals surface area contributed by atoms with Crippen LogP contribution < -0.4 is 0 Å². The number of benzene rings is 1. The number of nitrogens with one attached hydrogen (secondary N) is 1. The maximum atomic E-state index is 11.8. The van der Waals surface area contributed by atoms with E-state index >= 15 is 0 Å². The van der Waals surface area contributed by atoms with Crippen LogP contribution in [-0.2, 0) is 11.2 Å². The summed E-state index contributed by atoms with van der Waals surface area (Å²) in [6, 6.07) is 4.50. The van der Waals surface area contributed by atoms with E-state index < -0.39 is 10.9 Å². The molecule has 0 aliphatic heterocycles. The summed E-state index contributed by atoms with van der Waals surface area (Å²) < 4.78 is 4.97. The fourth-order valence-electron chi connectivity index (χ4n) is 2.09. The quantitative estimate of drug-likeness (QED) is 0.521. The number of nitro benzene ring substituents is 1. The Morgan fingerprint density at radius 2 is 2.16 bits per heavy atom. The summed E-state index contributed by atoms with van der Waals surface area (Å²) in [5, 5.41) is 11.5. The molecule has 2 aromatic rings. The molecule has 100 valence electrons. The van der Waals surface area contributed by atoms with Crippen LogP contribution in [0.1, 0.15) is 29.9 Å². The Bertz CT molecular complexity index is 645. The molecular weight excluding hydrogens is 248 g/mol. The third-order valence-electron chi connectivity index (χ3n) is 2.93. The Labute approximate surface area is 109 Å². The van der Waals surface area contributed by atoms with E-state index in [-0.39, 0.29) is 12.3 Å². The van der Waals surface area contributed by atoms with Crippen LogP contribution in [0.3, 0.4) is 0 Å². The first-order chi connectivity index (χ1) is 9.08. The van der Waals surface area contributed by atoms with Crippen molar-refractivity contribution in [2.45, 2.75) is 20.3 Å². The van der Waals surface area contributed by atoms with Gasteiger partial charge in [0, 0.05) is 23.0 Å². The SMILES string of the molecule is CCOC(=O)c1[nH]c2ccc([N+](=O)[O-])cc2c1CC. The largest absolute Gasteiger partial charge is 0.461 e. The molecule has 0 aliphatic rings. The Balaban J connectivity index is 2.61. The molecule has 1 N–H and O–H groups in total. The highest BCUT2D eigenvalue weighted by Crippen LogP contribution is 2.27. The van der Waals surface area contributed by atoms with E-state index in [4.69, 9.17) is 4.74 Å². The molecule has 2 rings (SSSR count). The highest BCUT2D eigenvalue weighted by Gasteiger charge is 2.19. The van der Waals surface area contributed by atoms with E-state index in [0.29, 0.717) is 23.0 Å². The van der Waals surface area contributed by atoms with Crippen LogP contribution in [0.15, 0.2) is 18.2 Å².